The molecule has 104 heavy (non-hydrogen) atoms. The molecular formula is C78H90F3N15O8. The molecule has 26 heteroatoms. The lowest BCUT2D eigenvalue weighted by Gasteiger charge is -2.25. The van der Waals surface area contributed by atoms with Gasteiger partial charge >= 0.3 is 24.3 Å². The fraction of sp³-hybridized carbons (Fsp3) is 0.295. The SMILES string of the molecule is CCN(CC)c1ccc([C@H]2CN(Cc3ccc(OC)cc3)C(=O)N2c2ccc(N)c(N)c2)cc1.CCN(CC)c1ccc([C@H]2CN(Cc3ccc(OC)cc3)C(=O)N2c2ccc3nc[nH]c3c2)cc1.CCN(CC)c1ccc([C@H]2CNC(=O)N2c2ccc3nc[nH]c3c2)cc1.O=CC(F)(F)F.O=CO. The van der Waals surface area contributed by atoms with Crippen LogP contribution in [-0.2, 0) is 22.7 Å². The Labute approximate surface area is 603 Å². The van der Waals surface area contributed by atoms with Crippen molar-refractivity contribution in [1.82, 2.24) is 35.1 Å². The standard InChI is InChI=1S/C28H31N5O2.C27H33N5O2.C20H23N5O.C2HF3O.CH2O2/c1-4-31(5-2)22-10-8-21(9-11-22)27-18-32(17-20-6-13-24(35-3)14-7-20)28(34)33(27)23-12-15-25-26(16-23)30-19-29-25;1-4-30(5-2)21-10-8-20(9-11-21)26-18-31(17-19-6-13-23(34-3)14-7-19)27(33)32(26)22-12-15-24(28)25(29)16-22;1-3-24(4-2)15-7-5-14(6-8-15)19-12-21-20(26)25(19)16-9-10-17-18(11-16)23-13-22-17;3-2(4,5)1-6;2-1-3/h6-16,19,27H,4-5,17-18H2,1-3H3,(H,29,30);6-16,26H,4-5,17-18,28-29H2,1-3H3;5-11,13,19H,3-4,12H2,1-2H3,(H,21,26)(H,22,23);1H;1H,(H,2,3)/t27-;26-;19-;;/m111../s1. The number of carboxylic acid groups (broad SMARTS) is 1. The summed E-state index contributed by atoms with van der Waals surface area (Å²) < 4.78 is 41.8. The molecule has 2 aromatic heterocycles. The van der Waals surface area contributed by atoms with E-state index in [9.17, 15) is 27.6 Å². The molecule has 546 valence electrons. The average molecular weight is 1420 g/mol. The number of rotatable bonds is 21. The average Bonchev–Trinajstić information content (AvgIpc) is 1.62. The van der Waals surface area contributed by atoms with Crippen molar-refractivity contribution in [3.8, 4) is 11.5 Å². The molecular weight excluding hydrogens is 1330 g/mol. The van der Waals surface area contributed by atoms with Crippen LogP contribution >= 0.6 is 0 Å². The van der Waals surface area contributed by atoms with E-state index >= 15 is 0 Å². The quantitative estimate of drug-likeness (QED) is 0.0288. The van der Waals surface area contributed by atoms with Crippen molar-refractivity contribution < 1.29 is 51.7 Å². The number of ether oxygens (including phenoxy) is 2. The third-order valence-corrected chi connectivity index (χ3v) is 18.5. The predicted molar refractivity (Wildman–Crippen MR) is 405 cm³/mol. The number of carbonyl (C=O) groups excluding carboxylic acids is 4. The highest BCUT2D eigenvalue weighted by Crippen LogP contribution is 2.40. The summed E-state index contributed by atoms with van der Waals surface area (Å²) in [4.78, 5) is 88.1. The van der Waals surface area contributed by atoms with Gasteiger partial charge in [-0.1, -0.05) is 60.7 Å². The van der Waals surface area contributed by atoms with Crippen molar-refractivity contribution in [2.45, 2.75) is 78.9 Å². The Morgan fingerprint density at radius 2 is 0.846 bits per heavy atom. The van der Waals surface area contributed by atoms with Crippen LogP contribution in [-0.4, -0.2) is 145 Å². The first-order chi connectivity index (χ1) is 50.2. The van der Waals surface area contributed by atoms with Crippen molar-refractivity contribution in [3.05, 3.63) is 216 Å². The number of H-pyrrole nitrogens is 2. The first-order valence-electron chi connectivity index (χ1n) is 34.4. The Morgan fingerprint density at radius 1 is 0.500 bits per heavy atom. The van der Waals surface area contributed by atoms with E-state index in [0.29, 0.717) is 44.1 Å². The number of methoxy groups -OCH3 is 2. The van der Waals surface area contributed by atoms with E-state index in [0.717, 1.165) is 118 Å². The molecule has 8 aromatic carbocycles. The molecule has 0 radical (unpaired) electrons. The van der Waals surface area contributed by atoms with Gasteiger partial charge in [0.25, 0.3) is 6.47 Å². The lowest BCUT2D eigenvalue weighted by molar-refractivity contribution is -0.156. The zero-order chi connectivity index (χ0) is 74.6. The Kier molecular flexibility index (Phi) is 26.1. The van der Waals surface area contributed by atoms with Crippen LogP contribution in [0.2, 0.25) is 0 Å². The largest absolute Gasteiger partial charge is 0.497 e. The summed E-state index contributed by atoms with van der Waals surface area (Å²) in [5.74, 6) is 1.60. The maximum Gasteiger partial charge on any atom is 0.446 e. The number of fused-ring (bicyclic) bond motifs is 2. The molecule has 3 saturated heterocycles. The van der Waals surface area contributed by atoms with Gasteiger partial charge in [-0.15, -0.1) is 0 Å². The third kappa shape index (κ3) is 18.4. The van der Waals surface area contributed by atoms with Gasteiger partial charge in [0.1, 0.15) is 11.5 Å². The van der Waals surface area contributed by atoms with Gasteiger partial charge in [0.15, 0.2) is 0 Å². The summed E-state index contributed by atoms with van der Waals surface area (Å²) in [6.45, 7) is 21.3. The summed E-state index contributed by atoms with van der Waals surface area (Å²) in [6.07, 6.45) is -2.35. The number of hydrogen-bond donors (Lipinski definition) is 6. The molecule has 0 unspecified atom stereocenters. The van der Waals surface area contributed by atoms with Gasteiger partial charge in [-0.25, -0.2) is 24.4 Å². The Balaban J connectivity index is 0.000000172. The van der Waals surface area contributed by atoms with E-state index in [1.54, 1.807) is 39.0 Å². The number of anilines is 8. The van der Waals surface area contributed by atoms with Crippen molar-refractivity contribution in [2.75, 3.05) is 114 Å². The smallest absolute Gasteiger partial charge is 0.446 e. The second kappa shape index (κ2) is 35.6. The Bertz CT molecular complexity index is 4440. The number of nitrogen functional groups attached to an aromatic ring is 2. The molecule has 0 spiro atoms. The highest BCUT2D eigenvalue weighted by molar-refractivity contribution is 5.99. The van der Waals surface area contributed by atoms with Crippen LogP contribution in [0.3, 0.4) is 0 Å². The third-order valence-electron chi connectivity index (χ3n) is 18.5. The number of nitrogens with zero attached hydrogens (tertiary/aromatic N) is 10. The van der Waals surface area contributed by atoms with E-state index in [1.807, 2.05) is 115 Å². The fourth-order valence-corrected chi connectivity index (χ4v) is 13.0. The van der Waals surface area contributed by atoms with E-state index in [2.05, 4.69) is 154 Å². The molecule has 0 aliphatic carbocycles. The molecule has 23 nitrogen and oxygen atoms in total. The minimum Gasteiger partial charge on any atom is -0.497 e. The number of urea groups is 3. The number of nitrogens with one attached hydrogen (secondary N) is 3. The molecule has 3 fully saturated rings. The first kappa shape index (κ1) is 76.2. The number of amides is 6. The van der Waals surface area contributed by atoms with E-state index < -0.39 is 12.5 Å². The first-order valence-corrected chi connectivity index (χ1v) is 34.4. The minimum absolute atomic E-state index is 0.00231. The lowest BCUT2D eigenvalue weighted by atomic mass is 10.0. The Hall–Kier alpha value is -12.0. The monoisotopic (exact) mass is 1420 g/mol. The Morgan fingerprint density at radius 3 is 1.19 bits per heavy atom. The van der Waals surface area contributed by atoms with Crippen LogP contribution in [0.1, 0.15) is 87.5 Å². The summed E-state index contributed by atoms with van der Waals surface area (Å²) in [6, 6.07) is 58.2. The van der Waals surface area contributed by atoms with Crippen LogP contribution in [0.15, 0.2) is 189 Å². The van der Waals surface area contributed by atoms with Gasteiger partial charge in [-0.3, -0.25) is 24.3 Å². The molecule has 8 N–H and O–H groups in total. The molecule has 3 aliphatic heterocycles. The topological polar surface area (TPSA) is 271 Å². The second-order valence-electron chi connectivity index (χ2n) is 24.4. The predicted octanol–water partition coefficient (Wildman–Crippen LogP) is 14.6. The van der Waals surface area contributed by atoms with Crippen molar-refractivity contribution in [2.24, 2.45) is 0 Å². The van der Waals surface area contributed by atoms with E-state index in [-0.39, 0.29) is 42.7 Å². The van der Waals surface area contributed by atoms with Crippen LogP contribution in [0, 0.1) is 0 Å². The molecule has 6 amide bonds. The number of carbonyl (C=O) groups is 5. The maximum atomic E-state index is 13.8. The van der Waals surface area contributed by atoms with Crippen molar-refractivity contribution >= 4 is 98.4 Å². The molecule has 3 aliphatic rings. The fourth-order valence-electron chi connectivity index (χ4n) is 13.0. The van der Waals surface area contributed by atoms with Crippen LogP contribution in [0.25, 0.3) is 22.1 Å². The van der Waals surface area contributed by atoms with Crippen molar-refractivity contribution in [3.63, 3.8) is 0 Å². The number of benzene rings is 8. The molecule has 0 bridgehead atoms. The summed E-state index contributed by atoms with van der Waals surface area (Å²) in [7, 11) is 3.30. The van der Waals surface area contributed by atoms with Crippen LogP contribution in [0.4, 0.5) is 73.1 Å². The van der Waals surface area contributed by atoms with Gasteiger partial charge in [-0.2, -0.15) is 13.2 Å². The highest BCUT2D eigenvalue weighted by atomic mass is 19.4. The van der Waals surface area contributed by atoms with Crippen molar-refractivity contribution in [1.29, 1.82) is 0 Å². The van der Waals surface area contributed by atoms with Gasteiger partial charge in [0, 0.05) is 106 Å². The number of nitrogens with two attached hydrogens (primary N) is 2. The van der Waals surface area contributed by atoms with Gasteiger partial charge in [0.2, 0.25) is 6.29 Å². The molecule has 13 rings (SSSR count). The summed E-state index contributed by atoms with van der Waals surface area (Å²) in [5, 5.41) is 9.86. The highest BCUT2D eigenvalue weighted by Gasteiger charge is 2.41. The second-order valence-corrected chi connectivity index (χ2v) is 24.4. The number of imidazole rings is 2. The zero-order valence-corrected chi connectivity index (χ0v) is 59.6. The van der Waals surface area contributed by atoms with Crippen LogP contribution in [0.5, 0.6) is 11.5 Å². The number of hydrogen-bond acceptors (Lipinski definition) is 14. The number of aromatic nitrogens is 4. The van der Waals surface area contributed by atoms with Gasteiger partial charge < -0.3 is 65.8 Å². The molecule has 3 atom stereocenters. The minimum atomic E-state index is -4.64. The maximum absolute atomic E-state index is 13.8. The van der Waals surface area contributed by atoms with E-state index in [1.165, 1.54) is 17.1 Å². The summed E-state index contributed by atoms with van der Waals surface area (Å²) >= 11 is 0. The number of aromatic amines is 2. The molecule has 5 heterocycles. The number of aldehydes is 1. The molecule has 10 aromatic rings. The van der Waals surface area contributed by atoms with Crippen LogP contribution < -0.4 is 55.7 Å². The number of halogens is 3. The van der Waals surface area contributed by atoms with Gasteiger partial charge in [-0.05, 0) is 185 Å². The molecule has 0 saturated carbocycles. The number of alkyl halides is 3. The van der Waals surface area contributed by atoms with Gasteiger partial charge in [0.05, 0.1) is 78.4 Å². The lowest BCUT2D eigenvalue weighted by Crippen LogP contribution is -2.32. The normalized spacial score (nSPS) is 15.4. The zero-order valence-electron chi connectivity index (χ0n) is 59.6. The van der Waals surface area contributed by atoms with E-state index in [4.69, 9.17) is 35.6 Å². The summed E-state index contributed by atoms with van der Waals surface area (Å²) in [5.41, 5.74) is 28.1.